The van der Waals surface area contributed by atoms with E-state index in [9.17, 15) is 22.4 Å². The molecule has 0 bridgehead atoms. The van der Waals surface area contributed by atoms with Gasteiger partial charge >= 0.3 is 12.1 Å². The molecule has 0 aromatic heterocycles. The Labute approximate surface area is 93.0 Å². The van der Waals surface area contributed by atoms with Gasteiger partial charge in [0, 0.05) is 0 Å². The maximum absolute atomic E-state index is 13.0. The van der Waals surface area contributed by atoms with Gasteiger partial charge in [0.15, 0.2) is 0 Å². The number of nitrogens with one attached hydrogen (secondary N) is 1. The van der Waals surface area contributed by atoms with Crippen LogP contribution >= 0.6 is 0 Å². The molecular formula is C9H8F4N2O2. The second-order valence-electron chi connectivity index (χ2n) is 3.16. The third-order valence-corrected chi connectivity index (χ3v) is 1.89. The Bertz CT molecular complexity index is 445. The summed E-state index contributed by atoms with van der Waals surface area (Å²) < 4.78 is 48.8. The first-order valence-electron chi connectivity index (χ1n) is 4.34. The number of aromatic carboxylic acids is 1. The van der Waals surface area contributed by atoms with Gasteiger partial charge in [-0.1, -0.05) is 0 Å². The van der Waals surface area contributed by atoms with Crippen LogP contribution in [-0.4, -0.2) is 23.8 Å². The van der Waals surface area contributed by atoms with E-state index < -0.39 is 35.8 Å². The van der Waals surface area contributed by atoms with E-state index in [-0.39, 0.29) is 5.69 Å². The normalized spacial score (nSPS) is 11.3. The molecule has 0 amide bonds. The Morgan fingerprint density at radius 3 is 2.47 bits per heavy atom. The first-order valence-corrected chi connectivity index (χ1v) is 4.34. The molecule has 0 spiro atoms. The minimum absolute atomic E-state index is 0.381. The van der Waals surface area contributed by atoms with Gasteiger partial charge in [-0.05, 0) is 12.1 Å². The van der Waals surface area contributed by atoms with Crippen LogP contribution in [0.1, 0.15) is 10.4 Å². The zero-order chi connectivity index (χ0) is 13.2. The summed E-state index contributed by atoms with van der Waals surface area (Å²) in [6, 6.07) is 1.68. The van der Waals surface area contributed by atoms with Crippen molar-refractivity contribution in [3.05, 3.63) is 23.5 Å². The van der Waals surface area contributed by atoms with E-state index in [0.717, 1.165) is 12.1 Å². The summed E-state index contributed by atoms with van der Waals surface area (Å²) in [6.07, 6.45) is -4.51. The monoisotopic (exact) mass is 252 g/mol. The highest BCUT2D eigenvalue weighted by Crippen LogP contribution is 2.26. The molecule has 1 aromatic rings. The molecule has 0 saturated heterocycles. The lowest BCUT2D eigenvalue weighted by atomic mass is 10.1. The van der Waals surface area contributed by atoms with E-state index >= 15 is 0 Å². The average Bonchev–Trinajstić information content (AvgIpc) is 2.18. The van der Waals surface area contributed by atoms with Gasteiger partial charge in [0.1, 0.15) is 17.9 Å². The van der Waals surface area contributed by atoms with Crippen molar-refractivity contribution in [2.75, 3.05) is 17.6 Å². The van der Waals surface area contributed by atoms with Crippen LogP contribution in [0.4, 0.5) is 28.9 Å². The lowest BCUT2D eigenvalue weighted by molar-refractivity contribution is -0.115. The number of halogens is 4. The predicted molar refractivity (Wildman–Crippen MR) is 52.3 cm³/mol. The first kappa shape index (κ1) is 13.1. The SMILES string of the molecule is Nc1c(F)ccc(NCC(F)(F)F)c1C(=O)O. The van der Waals surface area contributed by atoms with Gasteiger partial charge in [-0.25, -0.2) is 9.18 Å². The fourth-order valence-corrected chi connectivity index (χ4v) is 1.17. The van der Waals surface area contributed by atoms with Crippen LogP contribution in [-0.2, 0) is 0 Å². The zero-order valence-corrected chi connectivity index (χ0v) is 8.31. The molecule has 1 rings (SSSR count). The molecular weight excluding hydrogens is 244 g/mol. The summed E-state index contributed by atoms with van der Waals surface area (Å²) in [7, 11) is 0. The summed E-state index contributed by atoms with van der Waals surface area (Å²) in [5.74, 6) is -2.60. The van der Waals surface area contributed by atoms with Crippen molar-refractivity contribution in [1.82, 2.24) is 0 Å². The Kier molecular flexibility index (Phi) is 3.45. The molecule has 0 heterocycles. The largest absolute Gasteiger partial charge is 0.478 e. The fraction of sp³-hybridized carbons (Fsp3) is 0.222. The van der Waals surface area contributed by atoms with Gasteiger partial charge in [-0.3, -0.25) is 0 Å². The minimum Gasteiger partial charge on any atom is -0.478 e. The summed E-state index contributed by atoms with van der Waals surface area (Å²) in [4.78, 5) is 10.8. The Balaban J connectivity index is 3.08. The number of carboxylic acid groups (broad SMARTS) is 1. The number of hydrogen-bond donors (Lipinski definition) is 3. The average molecular weight is 252 g/mol. The van der Waals surface area contributed by atoms with Crippen LogP contribution in [0, 0.1) is 5.82 Å². The number of carboxylic acids is 1. The standard InChI is InChI=1S/C9H8F4N2O2/c10-4-1-2-5(15-3-9(11,12)13)6(7(4)14)8(16)17/h1-2,15H,3,14H2,(H,16,17). The van der Waals surface area contributed by atoms with E-state index in [1.807, 2.05) is 5.32 Å². The van der Waals surface area contributed by atoms with Gasteiger partial charge in [0.25, 0.3) is 0 Å². The molecule has 4 N–H and O–H groups in total. The molecule has 8 heteroatoms. The van der Waals surface area contributed by atoms with Gasteiger partial charge in [0.05, 0.1) is 11.4 Å². The van der Waals surface area contributed by atoms with Crippen molar-refractivity contribution in [1.29, 1.82) is 0 Å². The smallest absolute Gasteiger partial charge is 0.405 e. The van der Waals surface area contributed by atoms with E-state index in [1.54, 1.807) is 0 Å². The molecule has 0 aliphatic carbocycles. The van der Waals surface area contributed by atoms with Crippen molar-refractivity contribution in [2.45, 2.75) is 6.18 Å². The van der Waals surface area contributed by atoms with Crippen LogP contribution in [0.2, 0.25) is 0 Å². The molecule has 0 unspecified atom stereocenters. The van der Waals surface area contributed by atoms with E-state index in [1.165, 1.54) is 0 Å². The third kappa shape index (κ3) is 3.23. The summed E-state index contributed by atoms with van der Waals surface area (Å²) >= 11 is 0. The minimum atomic E-state index is -4.51. The van der Waals surface area contributed by atoms with Crippen LogP contribution < -0.4 is 11.1 Å². The second-order valence-corrected chi connectivity index (χ2v) is 3.16. The lowest BCUT2D eigenvalue weighted by Gasteiger charge is -2.13. The molecule has 0 saturated carbocycles. The fourth-order valence-electron chi connectivity index (χ4n) is 1.17. The Morgan fingerprint density at radius 1 is 1.41 bits per heavy atom. The number of hydrogen-bond acceptors (Lipinski definition) is 3. The van der Waals surface area contributed by atoms with Crippen LogP contribution in [0.15, 0.2) is 12.1 Å². The molecule has 0 radical (unpaired) electrons. The number of carbonyl (C=O) groups is 1. The molecule has 0 fully saturated rings. The molecule has 94 valence electrons. The van der Waals surface area contributed by atoms with Crippen molar-refractivity contribution in [3.8, 4) is 0 Å². The maximum atomic E-state index is 13.0. The summed E-state index contributed by atoms with van der Waals surface area (Å²) in [5.41, 5.74) is 3.35. The van der Waals surface area contributed by atoms with Gasteiger partial charge in [0.2, 0.25) is 0 Å². The summed E-state index contributed by atoms with van der Waals surface area (Å²) in [6.45, 7) is -1.43. The highest BCUT2D eigenvalue weighted by molar-refractivity contribution is 6.00. The number of nitrogens with two attached hydrogens (primary N) is 1. The van der Waals surface area contributed by atoms with Crippen molar-refractivity contribution >= 4 is 17.3 Å². The number of nitrogen functional groups attached to an aromatic ring is 1. The van der Waals surface area contributed by atoms with Crippen molar-refractivity contribution in [3.63, 3.8) is 0 Å². The van der Waals surface area contributed by atoms with Crippen LogP contribution in [0.3, 0.4) is 0 Å². The van der Waals surface area contributed by atoms with Gasteiger partial charge in [-0.15, -0.1) is 0 Å². The molecule has 4 nitrogen and oxygen atoms in total. The van der Waals surface area contributed by atoms with Crippen molar-refractivity contribution in [2.24, 2.45) is 0 Å². The molecule has 17 heavy (non-hydrogen) atoms. The lowest BCUT2D eigenvalue weighted by Crippen LogP contribution is -2.23. The molecule has 0 aliphatic rings. The van der Waals surface area contributed by atoms with Gasteiger partial charge < -0.3 is 16.2 Å². The quantitative estimate of drug-likeness (QED) is 0.568. The maximum Gasteiger partial charge on any atom is 0.405 e. The number of anilines is 2. The van der Waals surface area contributed by atoms with Crippen LogP contribution in [0.5, 0.6) is 0 Å². The Hall–Kier alpha value is -1.99. The third-order valence-electron chi connectivity index (χ3n) is 1.89. The molecule has 1 aromatic carbocycles. The summed E-state index contributed by atoms with van der Waals surface area (Å²) in [5, 5.41) is 10.6. The highest BCUT2D eigenvalue weighted by atomic mass is 19.4. The topological polar surface area (TPSA) is 75.3 Å². The van der Waals surface area contributed by atoms with Crippen LogP contribution in [0.25, 0.3) is 0 Å². The molecule has 0 atom stereocenters. The second kappa shape index (κ2) is 4.48. The predicted octanol–water partition coefficient (Wildman–Crippen LogP) is 2.08. The number of rotatable bonds is 3. The first-order chi connectivity index (χ1) is 7.72. The van der Waals surface area contributed by atoms with E-state index in [4.69, 9.17) is 10.8 Å². The van der Waals surface area contributed by atoms with E-state index in [0.29, 0.717) is 0 Å². The molecule has 0 aliphatic heterocycles. The van der Waals surface area contributed by atoms with Gasteiger partial charge in [-0.2, -0.15) is 13.2 Å². The highest BCUT2D eigenvalue weighted by Gasteiger charge is 2.28. The van der Waals surface area contributed by atoms with Crippen molar-refractivity contribution < 1.29 is 27.5 Å². The number of alkyl halides is 3. The Morgan fingerprint density at radius 2 is 2.00 bits per heavy atom. The van der Waals surface area contributed by atoms with E-state index in [2.05, 4.69) is 0 Å². The number of benzene rings is 1. The zero-order valence-electron chi connectivity index (χ0n) is 8.31.